The van der Waals surface area contributed by atoms with Gasteiger partial charge in [-0.1, -0.05) is 6.30 Å². The molecule has 0 bridgehead atoms. The van der Waals surface area contributed by atoms with Crippen molar-refractivity contribution in [3.8, 4) is 0 Å². The van der Waals surface area contributed by atoms with Gasteiger partial charge >= 0.3 is 0 Å². The molecule has 0 spiro atoms. The summed E-state index contributed by atoms with van der Waals surface area (Å²) in [6, 6.07) is 0. The summed E-state index contributed by atoms with van der Waals surface area (Å²) in [7, 11) is 1.24. The van der Waals surface area contributed by atoms with E-state index < -0.39 is 0 Å². The van der Waals surface area contributed by atoms with Gasteiger partial charge in [-0.15, -0.1) is 8.20 Å². The third kappa shape index (κ3) is 4.52. The highest BCUT2D eigenvalue weighted by molar-refractivity contribution is 8.02. The summed E-state index contributed by atoms with van der Waals surface area (Å²) in [5.74, 6) is 0. The lowest BCUT2D eigenvalue weighted by molar-refractivity contribution is 2.24. The minimum atomic E-state index is 1.17. The Hall–Kier alpha value is 0.520. The van der Waals surface area contributed by atoms with Gasteiger partial charge in [0, 0.05) is 5.49 Å². The Morgan fingerprint density at radius 3 is 2.60 bits per heavy atom. The first kappa shape index (κ1) is 5.52. The van der Waals surface area contributed by atoms with E-state index in [9.17, 15) is 0 Å². The average molecular weight is 106 g/mol. The Balaban J connectivity index is 2.40. The molecule has 0 aliphatic rings. The van der Waals surface area contributed by atoms with Crippen molar-refractivity contribution in [1.82, 2.24) is 0 Å². The van der Waals surface area contributed by atoms with E-state index in [0.29, 0.717) is 0 Å². The highest BCUT2D eigenvalue weighted by Gasteiger charge is 1.61. The first-order valence-electron chi connectivity index (χ1n) is 1.33. The van der Waals surface area contributed by atoms with Gasteiger partial charge in [0.05, 0.1) is 0 Å². The molecule has 0 saturated heterocycles. The van der Waals surface area contributed by atoms with Crippen molar-refractivity contribution in [2.24, 2.45) is 0 Å². The molecule has 0 aromatic heterocycles. The lowest BCUT2D eigenvalue weighted by Crippen LogP contribution is -1.47. The van der Waals surface area contributed by atoms with Crippen LogP contribution in [0.5, 0.6) is 0 Å². The third-order valence-electron chi connectivity index (χ3n) is 0.220. The minimum absolute atomic E-state index is 1.17. The van der Waals surface area contributed by atoms with Crippen LogP contribution in [-0.2, 0) is 0 Å². The smallest absolute Gasteiger partial charge is 0.0345 e. The summed E-state index contributed by atoms with van der Waals surface area (Å²) in [5.41, 5.74) is 1.17. The zero-order chi connectivity index (χ0) is 4.12. The van der Waals surface area contributed by atoms with Crippen LogP contribution in [0.4, 0.5) is 0 Å². The quantitative estimate of drug-likeness (QED) is 0.483. The topological polar surface area (TPSA) is 0 Å². The van der Waals surface area contributed by atoms with Gasteiger partial charge < -0.3 is 0 Å². The van der Waals surface area contributed by atoms with Crippen molar-refractivity contribution in [1.29, 1.82) is 0 Å². The van der Waals surface area contributed by atoms with Crippen LogP contribution in [-0.4, -0.2) is 18.0 Å². The van der Waals surface area contributed by atoms with Gasteiger partial charge in [-0.25, -0.2) is 0 Å². The average Bonchev–Trinajstić information content (AvgIpc) is 1.41. The standard InChI is InChI=1S/C3H7PS/c1-4-3-5-2/h1,3H2,2H3. The van der Waals surface area contributed by atoms with Gasteiger partial charge in [-0.05, 0) is 6.26 Å². The summed E-state index contributed by atoms with van der Waals surface area (Å²) in [6.45, 7) is 0. The number of rotatable bonds is 2. The first-order valence-corrected chi connectivity index (χ1v) is 3.99. The predicted octanol–water partition coefficient (Wildman–Crippen LogP) is 1.69. The molecule has 30 valence electrons. The van der Waals surface area contributed by atoms with E-state index in [1.807, 2.05) is 11.8 Å². The fourth-order valence-corrected chi connectivity index (χ4v) is 0.822. The SMILES string of the molecule is C=PCSC. The molecule has 0 N–H and O–H groups in total. The summed E-state index contributed by atoms with van der Waals surface area (Å²) in [6.07, 6.45) is 5.71. The monoisotopic (exact) mass is 106 g/mol. The van der Waals surface area contributed by atoms with Gasteiger partial charge in [0.15, 0.2) is 0 Å². The largest absolute Gasteiger partial charge is 0.156 e. The van der Waals surface area contributed by atoms with Crippen LogP contribution in [0.3, 0.4) is 0 Å². The lowest BCUT2D eigenvalue weighted by atomic mass is 11.9. The minimum Gasteiger partial charge on any atom is -0.156 e. The Labute approximate surface area is 38.8 Å². The van der Waals surface area contributed by atoms with E-state index in [2.05, 4.69) is 12.6 Å². The second kappa shape index (κ2) is 4.52. The zero-order valence-corrected chi connectivity index (χ0v) is 4.98. The van der Waals surface area contributed by atoms with Gasteiger partial charge in [0.25, 0.3) is 0 Å². The van der Waals surface area contributed by atoms with Crippen LogP contribution in [0, 0.1) is 0 Å². The molecule has 0 fully saturated rings. The Bertz CT molecular complexity index is 28.1. The van der Waals surface area contributed by atoms with Crippen molar-refractivity contribution >= 4 is 26.3 Å². The molecular formula is C3H7PS. The van der Waals surface area contributed by atoms with Crippen LogP contribution in [0.25, 0.3) is 0 Å². The van der Waals surface area contributed by atoms with Gasteiger partial charge in [-0.3, -0.25) is 0 Å². The fraction of sp³-hybridized carbons (Fsp3) is 0.667. The van der Waals surface area contributed by atoms with E-state index in [4.69, 9.17) is 0 Å². The second-order valence-corrected chi connectivity index (χ2v) is 2.70. The summed E-state index contributed by atoms with van der Waals surface area (Å²) in [4.78, 5) is 0. The van der Waals surface area contributed by atoms with Gasteiger partial charge in [-0.2, -0.15) is 11.8 Å². The van der Waals surface area contributed by atoms with Crippen molar-refractivity contribution in [2.75, 3.05) is 11.7 Å². The highest BCUT2D eigenvalue weighted by atomic mass is 32.2. The van der Waals surface area contributed by atoms with E-state index >= 15 is 0 Å². The molecule has 0 aromatic carbocycles. The summed E-state index contributed by atoms with van der Waals surface area (Å²) in [5, 5.41) is 0. The van der Waals surface area contributed by atoms with Crippen LogP contribution >= 0.6 is 20.0 Å². The van der Waals surface area contributed by atoms with Gasteiger partial charge in [0.2, 0.25) is 0 Å². The molecule has 0 aromatic rings. The molecule has 0 aliphatic carbocycles. The molecule has 0 atom stereocenters. The molecule has 0 amide bonds. The first-order chi connectivity index (χ1) is 2.41. The Kier molecular flexibility index (Phi) is 4.99. The molecule has 0 aliphatic heterocycles. The van der Waals surface area contributed by atoms with E-state index in [1.54, 1.807) is 0 Å². The lowest BCUT2D eigenvalue weighted by Gasteiger charge is -1.73. The number of thioether (sulfide) groups is 1. The molecule has 0 nitrogen and oxygen atoms in total. The van der Waals surface area contributed by atoms with E-state index in [-0.39, 0.29) is 0 Å². The third-order valence-corrected chi connectivity index (χ3v) is 1.98. The highest BCUT2D eigenvalue weighted by Crippen LogP contribution is 2.00. The molecule has 0 saturated carbocycles. The predicted molar refractivity (Wildman–Crippen MR) is 32.4 cm³/mol. The number of hydrogen-bond donors (Lipinski definition) is 0. The maximum atomic E-state index is 3.63. The van der Waals surface area contributed by atoms with E-state index in [0.717, 1.165) is 0 Å². The maximum absolute atomic E-state index is 3.63. The van der Waals surface area contributed by atoms with Crippen molar-refractivity contribution in [3.63, 3.8) is 0 Å². The molecule has 0 unspecified atom stereocenters. The van der Waals surface area contributed by atoms with Crippen molar-refractivity contribution in [3.05, 3.63) is 0 Å². The van der Waals surface area contributed by atoms with Crippen LogP contribution in [0.2, 0.25) is 0 Å². The normalized spacial score (nSPS) is 9.00. The molecule has 2 heteroatoms. The second-order valence-electron chi connectivity index (χ2n) is 0.641. The molecule has 5 heavy (non-hydrogen) atoms. The van der Waals surface area contributed by atoms with E-state index in [1.165, 1.54) is 13.7 Å². The Morgan fingerprint density at radius 2 is 2.60 bits per heavy atom. The summed E-state index contributed by atoms with van der Waals surface area (Å²) < 4.78 is 0. The molecular weight excluding hydrogens is 99.1 g/mol. The molecule has 0 heterocycles. The van der Waals surface area contributed by atoms with Crippen LogP contribution in [0.1, 0.15) is 0 Å². The van der Waals surface area contributed by atoms with Crippen molar-refractivity contribution < 1.29 is 0 Å². The van der Waals surface area contributed by atoms with Crippen molar-refractivity contribution in [2.45, 2.75) is 0 Å². The summed E-state index contributed by atoms with van der Waals surface area (Å²) >= 11 is 1.83. The number of hydrogen-bond acceptors (Lipinski definition) is 1. The molecule has 0 rings (SSSR count). The van der Waals surface area contributed by atoms with Crippen LogP contribution < -0.4 is 0 Å². The maximum Gasteiger partial charge on any atom is 0.0345 e. The fourth-order valence-electron chi connectivity index (χ4n) is 0.0913. The Morgan fingerprint density at radius 1 is 2.00 bits per heavy atom. The van der Waals surface area contributed by atoms with Crippen LogP contribution in [0.15, 0.2) is 0 Å². The molecule has 0 radical (unpaired) electrons. The zero-order valence-electron chi connectivity index (χ0n) is 3.27. The van der Waals surface area contributed by atoms with Gasteiger partial charge in [0.1, 0.15) is 0 Å².